The average Bonchev–Trinajstić information content (AvgIpc) is 3.03. The van der Waals surface area contributed by atoms with E-state index in [9.17, 15) is 19.2 Å². The first-order valence-electron chi connectivity index (χ1n) is 19.2. The number of carbonyl (C=O) groups excluding carboxylic acids is 4. The monoisotopic (exact) mass is 652 g/mol. The third-order valence-electron chi connectivity index (χ3n) is 8.71. The predicted octanol–water partition coefficient (Wildman–Crippen LogP) is 9.88. The van der Waals surface area contributed by atoms with Crippen LogP contribution in [-0.4, -0.2) is 50.3 Å². The van der Waals surface area contributed by atoms with Gasteiger partial charge in [0, 0.05) is 0 Å². The fourth-order valence-electron chi connectivity index (χ4n) is 5.83. The van der Waals surface area contributed by atoms with Crippen molar-refractivity contribution in [1.82, 2.24) is 0 Å². The molecule has 0 aromatic heterocycles. The molecular formula is C38H68O8. The van der Waals surface area contributed by atoms with Gasteiger partial charge < -0.3 is 18.9 Å². The smallest absolute Gasteiger partial charge is 0.317 e. The van der Waals surface area contributed by atoms with Crippen LogP contribution in [-0.2, 0) is 38.1 Å². The second kappa shape index (κ2) is 32.8. The molecule has 0 amide bonds. The highest BCUT2D eigenvalue weighted by atomic mass is 16.6. The third kappa shape index (κ3) is 30.5. The van der Waals surface area contributed by atoms with Gasteiger partial charge in [0.1, 0.15) is 12.8 Å². The lowest BCUT2D eigenvalue weighted by Gasteiger charge is -2.07. The molecule has 1 aliphatic rings. The molecule has 0 radical (unpaired) electrons. The van der Waals surface area contributed by atoms with Gasteiger partial charge in [0.25, 0.3) is 0 Å². The Balaban J connectivity index is 2.18. The van der Waals surface area contributed by atoms with Crippen molar-refractivity contribution in [3.63, 3.8) is 0 Å². The molecule has 1 aliphatic heterocycles. The zero-order chi connectivity index (χ0) is 33.2. The van der Waals surface area contributed by atoms with Crippen molar-refractivity contribution in [1.29, 1.82) is 0 Å². The van der Waals surface area contributed by atoms with Crippen LogP contribution in [0.2, 0.25) is 0 Å². The SMILES string of the molecule is O=C1CC(=O)OCCCCCCCCCCCCCCCCOC(=O)CC(=O)OCCCCCCCCCCCCCCCCO1. The third-order valence-corrected chi connectivity index (χ3v) is 8.71. The molecule has 1 fully saturated rings. The average molecular weight is 653 g/mol. The van der Waals surface area contributed by atoms with Gasteiger partial charge in [-0.05, 0) is 25.7 Å². The summed E-state index contributed by atoms with van der Waals surface area (Å²) < 4.78 is 20.8. The minimum absolute atomic E-state index is 0.283. The maximum Gasteiger partial charge on any atom is 0.317 e. The number of cyclic esters (lactones) is 4. The van der Waals surface area contributed by atoms with E-state index in [0.717, 1.165) is 77.0 Å². The van der Waals surface area contributed by atoms with Gasteiger partial charge in [0.2, 0.25) is 0 Å². The van der Waals surface area contributed by atoms with Crippen LogP contribution in [0.5, 0.6) is 0 Å². The number of carbonyl (C=O) groups is 4. The number of ether oxygens (including phenoxy) is 4. The molecule has 268 valence electrons. The Morgan fingerprint density at radius 3 is 0.500 bits per heavy atom. The summed E-state index contributed by atoms with van der Waals surface area (Å²) in [6, 6.07) is 0. The van der Waals surface area contributed by atoms with Crippen molar-refractivity contribution in [2.45, 2.75) is 193 Å². The normalized spacial score (nSPS) is 22.4. The topological polar surface area (TPSA) is 105 Å². The maximum atomic E-state index is 11.9. The molecule has 0 unspecified atom stereocenters. The molecule has 0 spiro atoms. The van der Waals surface area contributed by atoms with Gasteiger partial charge in [-0.25, -0.2) is 0 Å². The van der Waals surface area contributed by atoms with Crippen molar-refractivity contribution in [3.05, 3.63) is 0 Å². The Labute approximate surface area is 280 Å². The summed E-state index contributed by atoms with van der Waals surface area (Å²) in [5.74, 6) is -1.91. The van der Waals surface area contributed by atoms with Crippen LogP contribution in [0.1, 0.15) is 193 Å². The largest absolute Gasteiger partial charge is 0.465 e. The second-order valence-electron chi connectivity index (χ2n) is 13.1. The first-order valence-corrected chi connectivity index (χ1v) is 19.2. The molecule has 0 N–H and O–H groups in total. The Morgan fingerprint density at radius 2 is 0.348 bits per heavy atom. The van der Waals surface area contributed by atoms with E-state index >= 15 is 0 Å². The maximum absolute atomic E-state index is 11.9. The number of esters is 4. The highest BCUT2D eigenvalue weighted by molar-refractivity contribution is 5.91. The molecule has 0 atom stereocenters. The van der Waals surface area contributed by atoms with Crippen molar-refractivity contribution < 1.29 is 38.1 Å². The van der Waals surface area contributed by atoms with E-state index in [1.54, 1.807) is 0 Å². The fourth-order valence-corrected chi connectivity index (χ4v) is 5.83. The van der Waals surface area contributed by atoms with Gasteiger partial charge in [-0.3, -0.25) is 19.2 Å². The van der Waals surface area contributed by atoms with E-state index in [2.05, 4.69) is 0 Å². The fraction of sp³-hybridized carbons (Fsp3) is 0.895. The summed E-state index contributed by atoms with van der Waals surface area (Å²) in [5, 5.41) is 0. The lowest BCUT2D eigenvalue weighted by Crippen LogP contribution is -2.15. The molecule has 0 saturated carbocycles. The van der Waals surface area contributed by atoms with Crippen LogP contribution in [0.4, 0.5) is 0 Å². The van der Waals surface area contributed by atoms with Gasteiger partial charge in [-0.15, -0.1) is 0 Å². The van der Waals surface area contributed by atoms with Crippen molar-refractivity contribution in [3.8, 4) is 0 Å². The van der Waals surface area contributed by atoms with E-state index in [1.807, 2.05) is 0 Å². The lowest BCUT2D eigenvalue weighted by molar-refractivity contribution is -0.156. The zero-order valence-corrected chi connectivity index (χ0v) is 29.3. The van der Waals surface area contributed by atoms with Gasteiger partial charge >= 0.3 is 23.9 Å². The molecule has 46 heavy (non-hydrogen) atoms. The quantitative estimate of drug-likeness (QED) is 0.145. The number of hydrogen-bond acceptors (Lipinski definition) is 8. The minimum Gasteiger partial charge on any atom is -0.465 e. The van der Waals surface area contributed by atoms with Crippen LogP contribution < -0.4 is 0 Å². The summed E-state index contributed by atoms with van der Waals surface area (Å²) >= 11 is 0. The van der Waals surface area contributed by atoms with Crippen LogP contribution in [0.3, 0.4) is 0 Å². The first kappa shape index (κ1) is 41.9. The van der Waals surface area contributed by atoms with Crippen LogP contribution in [0.15, 0.2) is 0 Å². The van der Waals surface area contributed by atoms with Gasteiger partial charge in [0.05, 0.1) is 26.4 Å². The summed E-state index contributed by atoms with van der Waals surface area (Å²) in [5.41, 5.74) is 0. The standard InChI is InChI=1S/C38H68O8/c39-35-33-37(41)45-31-27-23-19-15-11-7-3-4-8-12-16-20-24-28-32-46-38(42)34-36(40)44-30-26-22-18-14-10-6-2-1-5-9-13-17-21-25-29-43-35/h1-34H2. The van der Waals surface area contributed by atoms with Crippen LogP contribution >= 0.6 is 0 Å². The van der Waals surface area contributed by atoms with Crippen molar-refractivity contribution in [2.24, 2.45) is 0 Å². The van der Waals surface area contributed by atoms with Crippen molar-refractivity contribution >= 4 is 23.9 Å². The van der Waals surface area contributed by atoms with E-state index in [1.165, 1.54) is 103 Å². The van der Waals surface area contributed by atoms with Crippen LogP contribution in [0, 0.1) is 0 Å². The van der Waals surface area contributed by atoms with Gasteiger partial charge in [0.15, 0.2) is 0 Å². The Morgan fingerprint density at radius 1 is 0.217 bits per heavy atom. The molecule has 0 aromatic rings. The van der Waals surface area contributed by atoms with Gasteiger partial charge in [-0.2, -0.15) is 0 Å². The number of hydrogen-bond donors (Lipinski definition) is 0. The Hall–Kier alpha value is -2.12. The molecule has 1 heterocycles. The highest BCUT2D eigenvalue weighted by Gasteiger charge is 2.13. The van der Waals surface area contributed by atoms with E-state index in [0.29, 0.717) is 26.4 Å². The summed E-state index contributed by atoms with van der Waals surface area (Å²) in [6.45, 7) is 1.53. The Bertz CT molecular complexity index is 631. The van der Waals surface area contributed by atoms with E-state index < -0.39 is 23.9 Å². The lowest BCUT2D eigenvalue weighted by atomic mass is 10.0. The minimum atomic E-state index is -0.477. The second-order valence-corrected chi connectivity index (χ2v) is 13.1. The predicted molar refractivity (Wildman–Crippen MR) is 182 cm³/mol. The molecule has 1 saturated heterocycles. The Kier molecular flexibility index (Phi) is 29.9. The molecular weight excluding hydrogens is 584 g/mol. The van der Waals surface area contributed by atoms with E-state index in [-0.39, 0.29) is 12.8 Å². The molecule has 0 aliphatic carbocycles. The number of rotatable bonds is 0. The van der Waals surface area contributed by atoms with Crippen LogP contribution in [0.25, 0.3) is 0 Å². The summed E-state index contributed by atoms with van der Waals surface area (Å²) in [6.07, 6.45) is 31.7. The first-order chi connectivity index (χ1) is 22.6. The zero-order valence-electron chi connectivity index (χ0n) is 29.3. The summed E-state index contributed by atoms with van der Waals surface area (Å²) in [4.78, 5) is 47.5. The molecule has 0 bridgehead atoms. The molecule has 1 rings (SSSR count). The molecule has 8 heteroatoms. The van der Waals surface area contributed by atoms with Crippen molar-refractivity contribution in [2.75, 3.05) is 26.4 Å². The molecule has 8 nitrogen and oxygen atoms in total. The summed E-state index contributed by atoms with van der Waals surface area (Å²) in [7, 11) is 0. The molecule has 0 aromatic carbocycles. The van der Waals surface area contributed by atoms with Gasteiger partial charge in [-0.1, -0.05) is 154 Å². The van der Waals surface area contributed by atoms with E-state index in [4.69, 9.17) is 18.9 Å². The highest BCUT2D eigenvalue weighted by Crippen LogP contribution is 2.15.